The van der Waals surface area contributed by atoms with Crippen LogP contribution in [0, 0.1) is 0 Å². The molecule has 0 aliphatic carbocycles. The maximum absolute atomic E-state index is 4.17. The molecule has 0 fully saturated rings. The van der Waals surface area contributed by atoms with Crippen LogP contribution in [0.4, 0.5) is 0 Å². The van der Waals surface area contributed by atoms with Crippen molar-refractivity contribution < 1.29 is 0 Å². The Morgan fingerprint density at radius 1 is 1.88 bits per heavy atom. The second-order valence-electron chi connectivity index (χ2n) is 1.80. The van der Waals surface area contributed by atoms with Gasteiger partial charge in [-0.3, -0.25) is 0 Å². The minimum Gasteiger partial charge on any atom is -0.312 e. The fourth-order valence-corrected chi connectivity index (χ4v) is 0.523. The average molecular weight is 131 g/mol. The molecule has 0 spiro atoms. The minimum atomic E-state index is 0.440. The summed E-state index contributed by atoms with van der Waals surface area (Å²) in [6, 6.07) is 0. The summed E-state index contributed by atoms with van der Waals surface area (Å²) in [5.74, 6) is 0. The van der Waals surface area contributed by atoms with Gasteiger partial charge in [0.05, 0.1) is 0 Å². The molecule has 0 aromatic rings. The van der Waals surface area contributed by atoms with E-state index in [0.717, 1.165) is 13.1 Å². The highest BCUT2D eigenvalue weighted by molar-refractivity contribution is 7.80. The van der Waals surface area contributed by atoms with Gasteiger partial charge in [-0.15, -0.1) is 6.58 Å². The Morgan fingerprint density at radius 3 is 2.88 bits per heavy atom. The van der Waals surface area contributed by atoms with E-state index in [9.17, 15) is 0 Å². The van der Waals surface area contributed by atoms with E-state index in [1.165, 1.54) is 0 Å². The molecule has 0 bridgehead atoms. The van der Waals surface area contributed by atoms with Gasteiger partial charge in [0.25, 0.3) is 0 Å². The molecule has 0 rings (SSSR count). The lowest BCUT2D eigenvalue weighted by molar-refractivity contribution is 0.743. The predicted octanol–water partition coefficient (Wildman–Crippen LogP) is 1.08. The Balaban J connectivity index is 2.81. The van der Waals surface area contributed by atoms with Crippen LogP contribution >= 0.6 is 12.6 Å². The van der Waals surface area contributed by atoms with E-state index in [-0.39, 0.29) is 0 Å². The van der Waals surface area contributed by atoms with E-state index in [1.54, 1.807) is 0 Å². The van der Waals surface area contributed by atoms with E-state index >= 15 is 0 Å². The number of nitrogens with one attached hydrogen (secondary N) is 1. The lowest BCUT2D eigenvalue weighted by atomic mass is 10.4. The van der Waals surface area contributed by atoms with Gasteiger partial charge in [0.15, 0.2) is 0 Å². The summed E-state index contributed by atoms with van der Waals surface area (Å²) in [6.45, 7) is 7.46. The molecule has 0 heterocycles. The summed E-state index contributed by atoms with van der Waals surface area (Å²) in [5.41, 5.74) is 0. The van der Waals surface area contributed by atoms with E-state index in [0.29, 0.717) is 5.25 Å². The molecule has 0 saturated carbocycles. The number of thiol groups is 1. The fourth-order valence-electron chi connectivity index (χ4n) is 0.394. The molecule has 1 N–H and O–H groups in total. The quantitative estimate of drug-likeness (QED) is 0.330. The molecule has 0 aromatic heterocycles. The highest BCUT2D eigenvalue weighted by atomic mass is 32.1. The minimum absolute atomic E-state index is 0.440. The van der Waals surface area contributed by atoms with Gasteiger partial charge >= 0.3 is 0 Å². The van der Waals surface area contributed by atoms with Crippen molar-refractivity contribution in [2.75, 3.05) is 13.1 Å². The molecule has 0 aromatic carbocycles. The van der Waals surface area contributed by atoms with Crippen LogP contribution in [0.25, 0.3) is 0 Å². The number of hydrogen-bond donors (Lipinski definition) is 2. The first-order valence-electron chi connectivity index (χ1n) is 2.77. The zero-order valence-corrected chi connectivity index (χ0v) is 6.12. The highest BCUT2D eigenvalue weighted by Crippen LogP contribution is 1.86. The van der Waals surface area contributed by atoms with Crippen LogP contribution in [-0.4, -0.2) is 18.3 Å². The maximum Gasteiger partial charge on any atom is 0.0132 e. The van der Waals surface area contributed by atoms with Gasteiger partial charge in [-0.2, -0.15) is 12.6 Å². The smallest absolute Gasteiger partial charge is 0.0132 e. The molecule has 0 aliphatic rings. The van der Waals surface area contributed by atoms with Gasteiger partial charge in [-0.25, -0.2) is 0 Å². The summed E-state index contributed by atoms with van der Waals surface area (Å²) < 4.78 is 0. The molecular formula is C6H13NS. The van der Waals surface area contributed by atoms with Crippen molar-refractivity contribution in [1.29, 1.82) is 0 Å². The van der Waals surface area contributed by atoms with Gasteiger partial charge in [0, 0.05) is 18.3 Å². The first-order valence-corrected chi connectivity index (χ1v) is 3.28. The standard InChI is InChI=1S/C6H13NS/c1-3-4-7-5-6(2)8/h3,6-8H,1,4-5H2,2H3. The molecule has 2 heteroatoms. The molecule has 48 valence electrons. The van der Waals surface area contributed by atoms with Crippen molar-refractivity contribution in [3.05, 3.63) is 12.7 Å². The molecule has 0 aliphatic heterocycles. The fraction of sp³-hybridized carbons (Fsp3) is 0.667. The zero-order chi connectivity index (χ0) is 6.41. The highest BCUT2D eigenvalue weighted by Gasteiger charge is 1.88. The zero-order valence-electron chi connectivity index (χ0n) is 5.22. The van der Waals surface area contributed by atoms with E-state index in [4.69, 9.17) is 0 Å². The number of hydrogen-bond acceptors (Lipinski definition) is 2. The molecule has 0 radical (unpaired) electrons. The molecule has 8 heavy (non-hydrogen) atoms. The van der Waals surface area contributed by atoms with Crippen molar-refractivity contribution in [2.24, 2.45) is 0 Å². The Hall–Kier alpha value is 0.0500. The molecular weight excluding hydrogens is 118 g/mol. The second kappa shape index (κ2) is 5.19. The Bertz CT molecular complexity index is 61.5. The SMILES string of the molecule is C=CCNCC(C)S. The summed E-state index contributed by atoms with van der Waals surface area (Å²) in [4.78, 5) is 0. The first kappa shape index (κ1) is 8.05. The van der Waals surface area contributed by atoms with Crippen LogP contribution in [0.1, 0.15) is 6.92 Å². The monoisotopic (exact) mass is 131 g/mol. The lowest BCUT2D eigenvalue weighted by Crippen LogP contribution is -2.20. The maximum atomic E-state index is 4.17. The largest absolute Gasteiger partial charge is 0.312 e. The van der Waals surface area contributed by atoms with E-state index in [2.05, 4.69) is 31.4 Å². The van der Waals surface area contributed by atoms with Crippen LogP contribution in [0.2, 0.25) is 0 Å². The first-order chi connectivity index (χ1) is 3.77. The van der Waals surface area contributed by atoms with E-state index in [1.807, 2.05) is 6.08 Å². The molecule has 0 amide bonds. The summed E-state index contributed by atoms with van der Waals surface area (Å²) in [5, 5.41) is 3.58. The van der Waals surface area contributed by atoms with Crippen LogP contribution in [0.3, 0.4) is 0 Å². The Morgan fingerprint density at radius 2 is 2.50 bits per heavy atom. The Kier molecular flexibility index (Phi) is 5.22. The van der Waals surface area contributed by atoms with Crippen molar-refractivity contribution in [2.45, 2.75) is 12.2 Å². The lowest BCUT2D eigenvalue weighted by Gasteiger charge is -2.01. The summed E-state index contributed by atoms with van der Waals surface area (Å²) in [7, 11) is 0. The molecule has 1 atom stereocenters. The molecule has 1 unspecified atom stereocenters. The molecule has 1 nitrogen and oxygen atoms in total. The third-order valence-corrected chi connectivity index (χ3v) is 0.911. The van der Waals surface area contributed by atoms with Crippen molar-refractivity contribution in [1.82, 2.24) is 5.32 Å². The Labute approximate surface area is 56.6 Å². The third kappa shape index (κ3) is 6.05. The van der Waals surface area contributed by atoms with Crippen molar-refractivity contribution in [3.8, 4) is 0 Å². The van der Waals surface area contributed by atoms with Crippen molar-refractivity contribution >= 4 is 12.6 Å². The van der Waals surface area contributed by atoms with Crippen molar-refractivity contribution in [3.63, 3.8) is 0 Å². The van der Waals surface area contributed by atoms with Crippen LogP contribution < -0.4 is 5.32 Å². The van der Waals surface area contributed by atoms with Gasteiger partial charge in [0.1, 0.15) is 0 Å². The van der Waals surface area contributed by atoms with Gasteiger partial charge in [-0.05, 0) is 0 Å². The third-order valence-electron chi connectivity index (χ3n) is 0.728. The topological polar surface area (TPSA) is 12.0 Å². The van der Waals surface area contributed by atoms with Crippen LogP contribution in [-0.2, 0) is 0 Å². The van der Waals surface area contributed by atoms with Gasteiger partial charge < -0.3 is 5.32 Å². The average Bonchev–Trinajstić information content (AvgIpc) is 1.66. The summed E-state index contributed by atoms with van der Waals surface area (Å²) in [6.07, 6.45) is 1.84. The summed E-state index contributed by atoms with van der Waals surface area (Å²) >= 11 is 4.17. The predicted molar refractivity (Wildman–Crippen MR) is 41.5 cm³/mol. The van der Waals surface area contributed by atoms with Gasteiger partial charge in [0.2, 0.25) is 0 Å². The van der Waals surface area contributed by atoms with E-state index < -0.39 is 0 Å². The van der Waals surface area contributed by atoms with Gasteiger partial charge in [-0.1, -0.05) is 13.0 Å². The van der Waals surface area contributed by atoms with Crippen LogP contribution in [0.5, 0.6) is 0 Å². The number of rotatable bonds is 4. The normalized spacial score (nSPS) is 13.2. The molecule has 0 saturated heterocycles. The van der Waals surface area contributed by atoms with Crippen LogP contribution in [0.15, 0.2) is 12.7 Å². The second-order valence-corrected chi connectivity index (χ2v) is 2.68.